The lowest BCUT2D eigenvalue weighted by atomic mass is 9.93. The normalized spacial score (nSPS) is 21.1. The second-order valence-corrected chi connectivity index (χ2v) is 7.94. The van der Waals surface area contributed by atoms with Gasteiger partial charge in [0.05, 0.1) is 17.0 Å². The lowest BCUT2D eigenvalue weighted by Gasteiger charge is -2.36. The molecule has 128 valence electrons. The lowest BCUT2D eigenvalue weighted by Crippen LogP contribution is -2.48. The second-order valence-electron chi connectivity index (χ2n) is 6.00. The molecule has 0 saturated carbocycles. The van der Waals surface area contributed by atoms with Crippen LogP contribution in [0, 0.1) is 0 Å². The van der Waals surface area contributed by atoms with Gasteiger partial charge in [-0.2, -0.15) is 4.31 Å². The molecule has 2 saturated heterocycles. The number of nitrogens with zero attached hydrogens (tertiary/aromatic N) is 1. The molecule has 4 rings (SSSR count). The number of carbonyl (C=O) groups is 1. The molecule has 2 aliphatic heterocycles. The summed E-state index contributed by atoms with van der Waals surface area (Å²) in [5.41, 5.74) is 0.0319. The predicted molar refractivity (Wildman–Crippen MR) is 82.0 cm³/mol. The summed E-state index contributed by atoms with van der Waals surface area (Å²) in [5, 5.41) is 2.61. The summed E-state index contributed by atoms with van der Waals surface area (Å²) in [6.45, 7) is 0.916. The van der Waals surface area contributed by atoms with Gasteiger partial charge in [0.25, 0.3) is 0 Å². The van der Waals surface area contributed by atoms with Crippen LogP contribution in [0.2, 0.25) is 0 Å². The maximum atomic E-state index is 12.8. The molecule has 2 aliphatic rings. The molecule has 2 fully saturated rings. The Morgan fingerprint density at radius 3 is 2.58 bits per heavy atom. The number of benzene rings is 1. The van der Waals surface area contributed by atoms with E-state index in [-0.39, 0.29) is 23.6 Å². The van der Waals surface area contributed by atoms with Gasteiger partial charge >= 0.3 is 11.8 Å². The molecule has 2 N–H and O–H groups in total. The van der Waals surface area contributed by atoms with Gasteiger partial charge in [0, 0.05) is 32.0 Å². The zero-order chi connectivity index (χ0) is 16.9. The Balaban J connectivity index is 1.58. The molecule has 10 heteroatoms. The summed E-state index contributed by atoms with van der Waals surface area (Å²) >= 11 is 0. The van der Waals surface area contributed by atoms with Gasteiger partial charge in [0.2, 0.25) is 10.0 Å². The molecule has 24 heavy (non-hydrogen) atoms. The Hall–Kier alpha value is -2.33. The van der Waals surface area contributed by atoms with E-state index in [1.54, 1.807) is 0 Å². The minimum absolute atomic E-state index is 0.0650. The Labute approximate surface area is 136 Å². The molecule has 0 unspecified atom stereocenters. The number of sulfonamides is 1. The van der Waals surface area contributed by atoms with Crippen LogP contribution in [0.15, 0.2) is 32.3 Å². The molecule has 2 aromatic rings. The van der Waals surface area contributed by atoms with Gasteiger partial charge in [0.1, 0.15) is 5.60 Å². The van der Waals surface area contributed by atoms with Crippen molar-refractivity contribution in [2.45, 2.75) is 23.3 Å². The van der Waals surface area contributed by atoms with Crippen LogP contribution in [0.5, 0.6) is 0 Å². The van der Waals surface area contributed by atoms with Gasteiger partial charge in [-0.25, -0.2) is 18.0 Å². The summed E-state index contributed by atoms with van der Waals surface area (Å²) in [4.78, 5) is 25.0. The minimum atomic E-state index is -3.71. The van der Waals surface area contributed by atoms with Crippen LogP contribution in [0.25, 0.3) is 11.1 Å². The molecule has 0 bridgehead atoms. The fraction of sp³-hybridized carbons (Fsp3) is 0.429. The number of alkyl carbamates (subject to hydrolysis) is 1. The Morgan fingerprint density at radius 2 is 1.92 bits per heavy atom. The molecule has 9 nitrogen and oxygen atoms in total. The average molecular weight is 353 g/mol. The molecular weight excluding hydrogens is 338 g/mol. The van der Waals surface area contributed by atoms with Crippen molar-refractivity contribution in [2.75, 3.05) is 19.6 Å². The highest BCUT2D eigenvalue weighted by atomic mass is 32.2. The quantitative estimate of drug-likeness (QED) is 0.805. The van der Waals surface area contributed by atoms with Crippen LogP contribution < -0.4 is 11.1 Å². The highest BCUT2D eigenvalue weighted by molar-refractivity contribution is 7.89. The standard InChI is InChI=1S/C14H15N3O6S/c18-12-15-8-14(23-12)3-5-17(6-4-14)24(20,21)9-1-2-10-11(7-9)22-13(19)16-10/h1-2,7H,3-6,8H2,(H,15,18)(H,16,19). The molecule has 0 aliphatic carbocycles. The average Bonchev–Trinajstić information content (AvgIpc) is 3.09. The third kappa shape index (κ3) is 2.38. The topological polar surface area (TPSA) is 122 Å². The summed E-state index contributed by atoms with van der Waals surface area (Å²) in [7, 11) is -3.71. The molecular formula is C14H15N3O6S. The monoisotopic (exact) mass is 353 g/mol. The van der Waals surface area contributed by atoms with Crippen LogP contribution in [0.3, 0.4) is 0 Å². The van der Waals surface area contributed by atoms with Crippen molar-refractivity contribution in [1.29, 1.82) is 0 Å². The van der Waals surface area contributed by atoms with E-state index in [0.717, 1.165) is 0 Å². The summed E-state index contributed by atoms with van der Waals surface area (Å²) in [6.07, 6.45) is 0.415. The fourth-order valence-electron chi connectivity index (χ4n) is 3.15. The number of oxazole rings is 1. The van der Waals surface area contributed by atoms with Gasteiger partial charge in [-0.3, -0.25) is 4.98 Å². The number of aromatic amines is 1. The van der Waals surface area contributed by atoms with Crippen LogP contribution in [-0.2, 0) is 14.8 Å². The molecule has 1 aromatic heterocycles. The molecule has 1 spiro atoms. The summed E-state index contributed by atoms with van der Waals surface area (Å²) < 4.78 is 37.1. The number of H-pyrrole nitrogens is 1. The van der Waals surface area contributed by atoms with E-state index in [4.69, 9.17) is 9.15 Å². The van der Waals surface area contributed by atoms with Crippen molar-refractivity contribution < 1.29 is 22.4 Å². The first-order chi connectivity index (χ1) is 11.4. The lowest BCUT2D eigenvalue weighted by molar-refractivity contribution is 0.0173. The molecule has 1 aromatic carbocycles. The van der Waals surface area contributed by atoms with E-state index >= 15 is 0 Å². The number of fused-ring (bicyclic) bond motifs is 1. The largest absolute Gasteiger partial charge is 0.441 e. The van der Waals surface area contributed by atoms with E-state index in [2.05, 4.69) is 10.3 Å². The minimum Gasteiger partial charge on any atom is -0.441 e. The van der Waals surface area contributed by atoms with Crippen molar-refractivity contribution in [1.82, 2.24) is 14.6 Å². The highest BCUT2D eigenvalue weighted by Gasteiger charge is 2.45. The first-order valence-electron chi connectivity index (χ1n) is 7.48. The fourth-order valence-corrected chi connectivity index (χ4v) is 4.61. The zero-order valence-electron chi connectivity index (χ0n) is 12.6. The first-order valence-corrected chi connectivity index (χ1v) is 8.92. The van der Waals surface area contributed by atoms with E-state index < -0.39 is 27.5 Å². The van der Waals surface area contributed by atoms with Gasteiger partial charge in [-0.05, 0) is 12.1 Å². The number of nitrogens with one attached hydrogen (secondary N) is 2. The predicted octanol–water partition coefficient (Wildman–Crippen LogP) is 0.384. The van der Waals surface area contributed by atoms with Gasteiger partial charge in [0.15, 0.2) is 5.58 Å². The Kier molecular flexibility index (Phi) is 3.22. The van der Waals surface area contributed by atoms with Crippen molar-refractivity contribution >= 4 is 27.2 Å². The third-order valence-corrected chi connectivity index (χ3v) is 6.42. The van der Waals surface area contributed by atoms with Crippen molar-refractivity contribution in [3.05, 3.63) is 28.7 Å². The van der Waals surface area contributed by atoms with Gasteiger partial charge in [-0.1, -0.05) is 0 Å². The van der Waals surface area contributed by atoms with E-state index in [0.29, 0.717) is 24.9 Å². The molecule has 0 atom stereocenters. The van der Waals surface area contributed by atoms with Crippen molar-refractivity contribution in [2.24, 2.45) is 0 Å². The third-order valence-electron chi connectivity index (χ3n) is 4.53. The Bertz CT molecular complexity index is 968. The maximum Gasteiger partial charge on any atom is 0.417 e. The molecule has 0 radical (unpaired) electrons. The van der Waals surface area contributed by atoms with Gasteiger partial charge < -0.3 is 14.5 Å². The second kappa shape index (κ2) is 5.08. The van der Waals surface area contributed by atoms with Crippen LogP contribution in [-0.4, -0.2) is 49.0 Å². The number of aromatic nitrogens is 1. The highest BCUT2D eigenvalue weighted by Crippen LogP contribution is 2.32. The van der Waals surface area contributed by atoms with Crippen LogP contribution in [0.1, 0.15) is 12.8 Å². The SMILES string of the molecule is O=C1NCC2(CCN(S(=O)(=O)c3ccc4[nH]c(=O)oc4c3)CC2)O1. The number of hydrogen-bond acceptors (Lipinski definition) is 6. The summed E-state index contributed by atoms with van der Waals surface area (Å²) in [5.74, 6) is -0.630. The van der Waals surface area contributed by atoms with Crippen molar-refractivity contribution in [3.63, 3.8) is 0 Å². The smallest absolute Gasteiger partial charge is 0.417 e. The first kappa shape index (κ1) is 15.2. The number of carbonyl (C=O) groups excluding carboxylic acids is 1. The van der Waals surface area contributed by atoms with E-state index in [1.807, 2.05) is 0 Å². The van der Waals surface area contributed by atoms with Gasteiger partial charge in [-0.15, -0.1) is 0 Å². The number of piperidine rings is 1. The number of hydrogen-bond donors (Lipinski definition) is 2. The van der Waals surface area contributed by atoms with Crippen molar-refractivity contribution in [3.8, 4) is 0 Å². The zero-order valence-corrected chi connectivity index (χ0v) is 13.4. The number of rotatable bonds is 2. The van der Waals surface area contributed by atoms with Crippen LogP contribution >= 0.6 is 0 Å². The Morgan fingerprint density at radius 1 is 1.17 bits per heavy atom. The van der Waals surface area contributed by atoms with E-state index in [1.165, 1.54) is 22.5 Å². The molecule has 3 heterocycles. The van der Waals surface area contributed by atoms with E-state index in [9.17, 15) is 18.0 Å². The van der Waals surface area contributed by atoms with Crippen LogP contribution in [0.4, 0.5) is 4.79 Å². The number of ether oxygens (including phenoxy) is 1. The number of amides is 1. The maximum absolute atomic E-state index is 12.8. The summed E-state index contributed by atoms with van der Waals surface area (Å²) in [6, 6.07) is 4.27. The molecule has 1 amide bonds.